The summed E-state index contributed by atoms with van der Waals surface area (Å²) >= 11 is 6.54. The number of aromatic nitrogens is 4. The molecule has 0 saturated heterocycles. The first-order valence-electron chi connectivity index (χ1n) is 4.38. The van der Waals surface area contributed by atoms with Crippen LogP contribution in [0.2, 0.25) is 0 Å². The molecule has 0 radical (unpaired) electrons. The van der Waals surface area contributed by atoms with E-state index in [9.17, 15) is 0 Å². The maximum absolute atomic E-state index is 3.95. The van der Waals surface area contributed by atoms with E-state index in [2.05, 4.69) is 32.5 Å². The zero-order valence-corrected chi connectivity index (χ0v) is 11.4. The fourth-order valence-corrected chi connectivity index (χ4v) is 3.55. The highest BCUT2D eigenvalue weighted by atomic mass is 32.2. The second-order valence-corrected chi connectivity index (χ2v) is 6.70. The Balaban J connectivity index is 1.59. The fourth-order valence-electron chi connectivity index (χ4n) is 0.827. The molecule has 0 spiro atoms. The minimum Gasteiger partial charge on any atom is -0.146 e. The lowest BCUT2D eigenvalue weighted by Crippen LogP contribution is -1.76. The van der Waals surface area contributed by atoms with Gasteiger partial charge in [-0.2, -0.15) is 0 Å². The number of hydrogen-bond donors (Lipinski definition) is 0. The van der Waals surface area contributed by atoms with Crippen LogP contribution < -0.4 is 0 Å². The highest BCUT2D eigenvalue weighted by Crippen LogP contribution is 2.20. The molecule has 0 N–H and O–H groups in total. The van der Waals surface area contributed by atoms with Crippen LogP contribution in [0.4, 0.5) is 0 Å². The molecule has 4 nitrogen and oxygen atoms in total. The van der Waals surface area contributed by atoms with Crippen LogP contribution in [0.3, 0.4) is 0 Å². The lowest BCUT2D eigenvalue weighted by Gasteiger charge is -1.90. The second-order valence-electron chi connectivity index (χ2n) is 2.50. The standard InChI is InChI=1S/C8H8N4S4/c1(3-13-7-11-9-5-15-7)2-4-14-8-12-10-6-16-8/h1-2,5-6H,3-4H2/b2-1+. The second kappa shape index (κ2) is 7.00. The first-order valence-corrected chi connectivity index (χ1v) is 8.11. The first-order chi connectivity index (χ1) is 7.95. The minimum absolute atomic E-state index is 0.936. The molecule has 0 unspecified atom stereocenters. The van der Waals surface area contributed by atoms with Crippen LogP contribution >= 0.6 is 46.2 Å². The van der Waals surface area contributed by atoms with Crippen molar-refractivity contribution in [3.05, 3.63) is 23.2 Å². The Morgan fingerprint density at radius 1 is 0.938 bits per heavy atom. The van der Waals surface area contributed by atoms with Crippen molar-refractivity contribution in [2.45, 2.75) is 8.68 Å². The van der Waals surface area contributed by atoms with Crippen molar-refractivity contribution in [3.8, 4) is 0 Å². The van der Waals surface area contributed by atoms with Crippen molar-refractivity contribution in [1.29, 1.82) is 0 Å². The number of rotatable bonds is 6. The third kappa shape index (κ3) is 4.20. The molecule has 0 amide bonds. The van der Waals surface area contributed by atoms with E-state index in [-0.39, 0.29) is 0 Å². The van der Waals surface area contributed by atoms with Crippen LogP contribution in [0.1, 0.15) is 0 Å². The quantitative estimate of drug-likeness (QED) is 0.602. The fraction of sp³-hybridized carbons (Fsp3) is 0.250. The summed E-state index contributed by atoms with van der Waals surface area (Å²) in [4.78, 5) is 0. The Kier molecular flexibility index (Phi) is 5.26. The predicted molar refractivity (Wildman–Crippen MR) is 70.4 cm³/mol. The summed E-state index contributed by atoms with van der Waals surface area (Å²) in [6, 6.07) is 0. The van der Waals surface area contributed by atoms with Crippen molar-refractivity contribution in [3.63, 3.8) is 0 Å². The molecule has 0 bridgehead atoms. The summed E-state index contributed by atoms with van der Waals surface area (Å²) in [6.45, 7) is 0. The van der Waals surface area contributed by atoms with Gasteiger partial charge in [-0.15, -0.1) is 20.4 Å². The molecule has 2 aromatic rings. The Morgan fingerprint density at radius 2 is 1.44 bits per heavy atom. The van der Waals surface area contributed by atoms with E-state index in [0.29, 0.717) is 0 Å². The van der Waals surface area contributed by atoms with E-state index in [4.69, 9.17) is 0 Å². The molecular formula is C8H8N4S4. The zero-order chi connectivity index (χ0) is 11.1. The van der Waals surface area contributed by atoms with Crippen molar-refractivity contribution in [1.82, 2.24) is 20.4 Å². The molecule has 0 aliphatic rings. The minimum atomic E-state index is 0.936. The largest absolute Gasteiger partial charge is 0.174 e. The van der Waals surface area contributed by atoms with Gasteiger partial charge in [0.1, 0.15) is 11.0 Å². The van der Waals surface area contributed by atoms with Gasteiger partial charge in [0.15, 0.2) is 8.68 Å². The van der Waals surface area contributed by atoms with Crippen molar-refractivity contribution >= 4 is 46.2 Å². The topological polar surface area (TPSA) is 51.6 Å². The molecule has 0 fully saturated rings. The summed E-state index contributed by atoms with van der Waals surface area (Å²) in [5.41, 5.74) is 3.49. The average molecular weight is 288 g/mol. The van der Waals surface area contributed by atoms with Crippen LogP contribution in [0, 0.1) is 0 Å². The highest BCUT2D eigenvalue weighted by molar-refractivity contribution is 8.01. The van der Waals surface area contributed by atoms with Gasteiger partial charge in [-0.3, -0.25) is 0 Å². The SMILES string of the molecule is C(=C\CSc1nncs1)/CSc1nncs1. The molecule has 0 saturated carbocycles. The highest BCUT2D eigenvalue weighted by Gasteiger charge is 1.95. The lowest BCUT2D eigenvalue weighted by atomic mass is 10.6. The van der Waals surface area contributed by atoms with E-state index in [1.54, 1.807) is 57.2 Å². The summed E-state index contributed by atoms with van der Waals surface area (Å²) in [5.74, 6) is 1.87. The Bertz CT molecular complexity index is 371. The molecule has 16 heavy (non-hydrogen) atoms. The molecule has 8 heteroatoms. The summed E-state index contributed by atoms with van der Waals surface area (Å²) in [7, 11) is 0. The smallest absolute Gasteiger partial charge is 0.146 e. The molecule has 2 aromatic heterocycles. The number of nitrogens with zero attached hydrogens (tertiary/aromatic N) is 4. The van der Waals surface area contributed by atoms with Crippen LogP contribution in [0.5, 0.6) is 0 Å². The van der Waals surface area contributed by atoms with Crippen molar-refractivity contribution < 1.29 is 0 Å². The molecule has 2 heterocycles. The van der Waals surface area contributed by atoms with Gasteiger partial charge in [-0.25, -0.2) is 0 Å². The normalized spacial score (nSPS) is 11.2. The van der Waals surface area contributed by atoms with Crippen LogP contribution in [0.25, 0.3) is 0 Å². The van der Waals surface area contributed by atoms with Gasteiger partial charge in [-0.05, 0) is 0 Å². The predicted octanol–water partition coefficient (Wildman–Crippen LogP) is 2.83. The van der Waals surface area contributed by atoms with Gasteiger partial charge in [0.2, 0.25) is 0 Å². The van der Waals surface area contributed by atoms with Gasteiger partial charge in [-0.1, -0.05) is 58.3 Å². The van der Waals surface area contributed by atoms with Crippen LogP contribution in [-0.4, -0.2) is 31.9 Å². The average Bonchev–Trinajstić information content (AvgIpc) is 2.96. The molecule has 84 valence electrons. The van der Waals surface area contributed by atoms with Gasteiger partial charge in [0.25, 0.3) is 0 Å². The Morgan fingerprint density at radius 3 is 1.81 bits per heavy atom. The van der Waals surface area contributed by atoms with E-state index < -0.39 is 0 Å². The maximum atomic E-state index is 3.95. The van der Waals surface area contributed by atoms with Gasteiger partial charge in [0, 0.05) is 11.5 Å². The number of hydrogen-bond acceptors (Lipinski definition) is 8. The van der Waals surface area contributed by atoms with Crippen LogP contribution in [-0.2, 0) is 0 Å². The molecule has 2 rings (SSSR count). The first kappa shape index (κ1) is 12.0. The van der Waals surface area contributed by atoms with Crippen molar-refractivity contribution in [2.75, 3.05) is 11.5 Å². The summed E-state index contributed by atoms with van der Waals surface area (Å²) in [5, 5.41) is 15.5. The van der Waals surface area contributed by atoms with E-state index in [1.165, 1.54) is 0 Å². The van der Waals surface area contributed by atoms with Gasteiger partial charge >= 0.3 is 0 Å². The van der Waals surface area contributed by atoms with E-state index in [0.717, 1.165) is 20.2 Å². The molecule has 0 aliphatic carbocycles. The molecule has 0 aromatic carbocycles. The number of thioether (sulfide) groups is 2. The Labute approximate surface area is 110 Å². The third-order valence-corrected chi connectivity index (χ3v) is 5.08. The summed E-state index contributed by atoms with van der Waals surface area (Å²) < 4.78 is 2.03. The monoisotopic (exact) mass is 288 g/mol. The summed E-state index contributed by atoms with van der Waals surface area (Å²) in [6.07, 6.45) is 4.28. The Hall–Kier alpha value is -0.440. The van der Waals surface area contributed by atoms with Gasteiger partial charge in [0.05, 0.1) is 0 Å². The molecular weight excluding hydrogens is 280 g/mol. The van der Waals surface area contributed by atoms with Gasteiger partial charge < -0.3 is 0 Å². The van der Waals surface area contributed by atoms with Crippen molar-refractivity contribution in [2.24, 2.45) is 0 Å². The molecule has 0 atom stereocenters. The molecule has 0 aliphatic heterocycles. The lowest BCUT2D eigenvalue weighted by molar-refractivity contribution is 1.01. The third-order valence-electron chi connectivity index (χ3n) is 1.45. The van der Waals surface area contributed by atoms with E-state index in [1.807, 2.05) is 0 Å². The van der Waals surface area contributed by atoms with Crippen LogP contribution in [0.15, 0.2) is 31.9 Å². The van der Waals surface area contributed by atoms with E-state index >= 15 is 0 Å². The maximum Gasteiger partial charge on any atom is 0.174 e. The zero-order valence-electron chi connectivity index (χ0n) is 8.15.